The van der Waals surface area contributed by atoms with Crippen molar-refractivity contribution in [2.75, 3.05) is 6.54 Å². The Kier molecular flexibility index (Phi) is 5.91. The summed E-state index contributed by atoms with van der Waals surface area (Å²) in [6, 6.07) is 11.5. The number of nitrogens with zero attached hydrogens (tertiary/aromatic N) is 1. The first-order chi connectivity index (χ1) is 8.08. The Morgan fingerprint density at radius 3 is 2.41 bits per heavy atom. The van der Waals surface area contributed by atoms with E-state index in [9.17, 15) is 0 Å². The fraction of sp³-hybridized carbons (Fsp3) is 0.400. The highest BCUT2D eigenvalue weighted by atomic mass is 28.3. The van der Waals surface area contributed by atoms with Gasteiger partial charge in [-0.1, -0.05) is 62.1 Å². The molecule has 0 unspecified atom stereocenters. The molecule has 0 radical (unpaired) electrons. The van der Waals surface area contributed by atoms with Crippen LogP contribution in [0.5, 0.6) is 0 Å². The first-order valence-electron chi connectivity index (χ1n) is 6.28. The smallest absolute Gasteiger partial charge is 0.0480 e. The van der Waals surface area contributed by atoms with Crippen LogP contribution in [0.4, 0.5) is 0 Å². The van der Waals surface area contributed by atoms with Gasteiger partial charge in [0.15, 0.2) is 0 Å². The van der Waals surface area contributed by atoms with Crippen LogP contribution in [0.3, 0.4) is 0 Å². The predicted octanol–water partition coefficient (Wildman–Crippen LogP) is 4.39. The molecule has 0 aliphatic carbocycles. The van der Waals surface area contributed by atoms with Crippen molar-refractivity contribution in [1.29, 1.82) is 0 Å². The summed E-state index contributed by atoms with van der Waals surface area (Å²) in [7, 11) is -0.904. The van der Waals surface area contributed by atoms with Crippen molar-refractivity contribution in [3.63, 3.8) is 0 Å². The van der Waals surface area contributed by atoms with E-state index < -0.39 is 8.07 Å². The lowest BCUT2D eigenvalue weighted by atomic mass is 10.2. The third-order valence-electron chi connectivity index (χ3n) is 2.36. The van der Waals surface area contributed by atoms with Crippen LogP contribution in [0.25, 0.3) is 0 Å². The van der Waals surface area contributed by atoms with Gasteiger partial charge in [-0.15, -0.1) is 0 Å². The van der Waals surface area contributed by atoms with Gasteiger partial charge in [-0.25, -0.2) is 0 Å². The molecule has 0 saturated heterocycles. The number of hydrogen-bond acceptors (Lipinski definition) is 1. The standard InChI is InChI=1S/C15H23NSi/c1-17(2,3)13-9-5-8-12-16-14-15-10-6-4-7-11-15/h4-7,9-11,14H,8,12-13H2,1-3H3/b9-5-,16-14?. The molecule has 1 aromatic carbocycles. The quantitative estimate of drug-likeness (QED) is 0.305. The van der Waals surface area contributed by atoms with Gasteiger partial charge in [0.1, 0.15) is 0 Å². The zero-order valence-corrected chi connectivity index (χ0v) is 12.2. The summed E-state index contributed by atoms with van der Waals surface area (Å²) in [4.78, 5) is 4.41. The van der Waals surface area contributed by atoms with Crippen molar-refractivity contribution in [3.05, 3.63) is 48.0 Å². The summed E-state index contributed by atoms with van der Waals surface area (Å²) in [5.74, 6) is 0. The van der Waals surface area contributed by atoms with E-state index in [-0.39, 0.29) is 0 Å². The predicted molar refractivity (Wildman–Crippen MR) is 80.8 cm³/mol. The summed E-state index contributed by atoms with van der Waals surface area (Å²) in [5, 5.41) is 0. The molecule has 0 spiro atoms. The molecule has 1 aromatic rings. The molecule has 0 amide bonds. The minimum absolute atomic E-state index is 0.886. The number of benzene rings is 1. The maximum Gasteiger partial charge on any atom is 0.0480 e. The summed E-state index contributed by atoms with van der Waals surface area (Å²) in [6.07, 6.45) is 7.59. The molecule has 0 aliphatic heterocycles. The summed E-state index contributed by atoms with van der Waals surface area (Å²) in [5.41, 5.74) is 1.18. The van der Waals surface area contributed by atoms with E-state index in [0.29, 0.717) is 0 Å². The van der Waals surface area contributed by atoms with Gasteiger partial charge < -0.3 is 0 Å². The molecule has 0 N–H and O–H groups in total. The zero-order chi connectivity index (χ0) is 12.6. The maximum absolute atomic E-state index is 4.41. The molecule has 1 nitrogen and oxygen atoms in total. The fourth-order valence-corrected chi connectivity index (χ4v) is 2.29. The minimum atomic E-state index is -0.904. The average Bonchev–Trinajstić information content (AvgIpc) is 2.28. The Bertz CT molecular complexity index is 360. The van der Waals surface area contributed by atoms with Gasteiger partial charge in [0.05, 0.1) is 0 Å². The second-order valence-corrected chi connectivity index (χ2v) is 11.0. The first-order valence-corrected chi connectivity index (χ1v) is 9.98. The number of hydrogen-bond donors (Lipinski definition) is 0. The molecule has 17 heavy (non-hydrogen) atoms. The van der Waals surface area contributed by atoms with Crippen molar-refractivity contribution in [2.45, 2.75) is 32.1 Å². The van der Waals surface area contributed by atoms with Crippen molar-refractivity contribution < 1.29 is 0 Å². The van der Waals surface area contributed by atoms with Crippen LogP contribution in [-0.2, 0) is 0 Å². The molecule has 0 aliphatic rings. The largest absolute Gasteiger partial charge is 0.292 e. The number of rotatable bonds is 6. The average molecular weight is 245 g/mol. The van der Waals surface area contributed by atoms with Crippen LogP contribution in [-0.4, -0.2) is 20.8 Å². The van der Waals surface area contributed by atoms with Crippen LogP contribution >= 0.6 is 0 Å². The second-order valence-electron chi connectivity index (χ2n) is 5.47. The topological polar surface area (TPSA) is 12.4 Å². The monoisotopic (exact) mass is 245 g/mol. The lowest BCUT2D eigenvalue weighted by Gasteiger charge is -2.11. The Balaban J connectivity index is 2.18. The highest BCUT2D eigenvalue weighted by Crippen LogP contribution is 2.08. The normalized spacial score (nSPS) is 12.6. The molecule has 0 bridgehead atoms. The Morgan fingerprint density at radius 2 is 1.76 bits per heavy atom. The second kappa shape index (κ2) is 7.23. The Labute approximate surface area is 106 Å². The molecule has 1 rings (SSSR count). The highest BCUT2D eigenvalue weighted by molar-refractivity contribution is 6.76. The van der Waals surface area contributed by atoms with Crippen molar-refractivity contribution >= 4 is 14.3 Å². The summed E-state index contributed by atoms with van der Waals surface area (Å²) in [6.45, 7) is 8.07. The molecule has 2 heteroatoms. The van der Waals surface area contributed by atoms with E-state index in [2.05, 4.69) is 48.9 Å². The van der Waals surface area contributed by atoms with Crippen molar-refractivity contribution in [2.24, 2.45) is 4.99 Å². The third-order valence-corrected chi connectivity index (χ3v) is 3.82. The molecular formula is C15H23NSi. The fourth-order valence-electron chi connectivity index (χ4n) is 1.41. The first kappa shape index (κ1) is 13.9. The van der Waals surface area contributed by atoms with Crippen LogP contribution < -0.4 is 0 Å². The van der Waals surface area contributed by atoms with Gasteiger partial charge in [0.25, 0.3) is 0 Å². The van der Waals surface area contributed by atoms with E-state index >= 15 is 0 Å². The Hall–Kier alpha value is -1.15. The SMILES string of the molecule is C[Si](C)(C)C/C=C\CCN=Cc1ccccc1. The van der Waals surface area contributed by atoms with E-state index in [1.807, 2.05) is 24.4 Å². The van der Waals surface area contributed by atoms with Crippen LogP contribution in [0, 0.1) is 0 Å². The molecule has 0 saturated carbocycles. The van der Waals surface area contributed by atoms with Gasteiger partial charge in [-0.2, -0.15) is 0 Å². The van der Waals surface area contributed by atoms with Gasteiger partial charge in [-0.3, -0.25) is 4.99 Å². The van der Waals surface area contributed by atoms with Crippen LogP contribution in [0.2, 0.25) is 25.7 Å². The summed E-state index contributed by atoms with van der Waals surface area (Å²) >= 11 is 0. The lowest BCUT2D eigenvalue weighted by Crippen LogP contribution is -2.17. The van der Waals surface area contributed by atoms with E-state index in [0.717, 1.165) is 13.0 Å². The number of allylic oxidation sites excluding steroid dienone is 1. The van der Waals surface area contributed by atoms with Crippen LogP contribution in [0.1, 0.15) is 12.0 Å². The van der Waals surface area contributed by atoms with E-state index in [1.165, 1.54) is 11.6 Å². The van der Waals surface area contributed by atoms with Gasteiger partial charge >= 0.3 is 0 Å². The lowest BCUT2D eigenvalue weighted by molar-refractivity contribution is 1.01. The molecular weight excluding hydrogens is 222 g/mol. The van der Waals surface area contributed by atoms with Gasteiger partial charge in [0, 0.05) is 20.8 Å². The third kappa shape index (κ3) is 7.69. The van der Waals surface area contributed by atoms with Crippen molar-refractivity contribution in [3.8, 4) is 0 Å². The van der Waals surface area contributed by atoms with E-state index in [1.54, 1.807) is 0 Å². The Morgan fingerprint density at radius 1 is 1.06 bits per heavy atom. The molecule has 0 heterocycles. The van der Waals surface area contributed by atoms with Gasteiger partial charge in [-0.05, 0) is 18.0 Å². The minimum Gasteiger partial charge on any atom is -0.292 e. The maximum atomic E-state index is 4.41. The molecule has 0 aromatic heterocycles. The summed E-state index contributed by atoms with van der Waals surface area (Å²) < 4.78 is 0. The number of aliphatic imine (C=N–C) groups is 1. The van der Waals surface area contributed by atoms with Crippen molar-refractivity contribution in [1.82, 2.24) is 0 Å². The molecule has 0 fully saturated rings. The molecule has 0 atom stereocenters. The highest BCUT2D eigenvalue weighted by Gasteiger charge is 2.08. The van der Waals surface area contributed by atoms with Crippen LogP contribution in [0.15, 0.2) is 47.5 Å². The van der Waals surface area contributed by atoms with Gasteiger partial charge in [0.2, 0.25) is 0 Å². The molecule has 92 valence electrons. The zero-order valence-electron chi connectivity index (χ0n) is 11.2. The van der Waals surface area contributed by atoms with E-state index in [4.69, 9.17) is 0 Å².